The number of aliphatic carboxylic acids is 2. The van der Waals surface area contributed by atoms with E-state index in [1.54, 1.807) is 27.7 Å². The van der Waals surface area contributed by atoms with Crippen LogP contribution in [0.1, 0.15) is 172 Å². The zero-order chi connectivity index (χ0) is 92.5. The molecule has 49 nitrogen and oxygen atoms in total. The molecular formula is C71H123N25O24. The lowest BCUT2D eigenvalue weighted by atomic mass is 9.98. The van der Waals surface area contributed by atoms with E-state index in [1.165, 1.54) is 48.5 Å². The Morgan fingerprint density at radius 2 is 0.583 bits per heavy atom. The highest BCUT2D eigenvalue weighted by atomic mass is 16.4. The summed E-state index contributed by atoms with van der Waals surface area (Å²) in [5.74, 6) is -29.8. The van der Waals surface area contributed by atoms with E-state index in [4.69, 9.17) is 62.1 Å². The van der Waals surface area contributed by atoms with Crippen molar-refractivity contribution in [3.8, 4) is 0 Å². The summed E-state index contributed by atoms with van der Waals surface area (Å²) in [6.07, 6.45) is -7.12. The smallest absolute Gasteiger partial charge is 0.326 e. The molecule has 15 atom stereocenters. The first-order valence-corrected chi connectivity index (χ1v) is 38.6. The van der Waals surface area contributed by atoms with Gasteiger partial charge in [0, 0.05) is 13.0 Å². The average Bonchev–Trinajstić information content (AvgIpc) is 0.852. The number of carboxylic acids is 2. The van der Waals surface area contributed by atoms with Crippen molar-refractivity contribution in [2.24, 2.45) is 81.2 Å². The number of carbonyl (C=O) groups excluding carboxylic acids is 20. The molecule has 0 aliphatic carbocycles. The number of nitrogens with one attached hydrogen (secondary N) is 16. The Balaban J connectivity index is 7.23. The summed E-state index contributed by atoms with van der Waals surface area (Å²) < 4.78 is 0. The van der Waals surface area contributed by atoms with Crippen LogP contribution in [-0.4, -0.2) is 250 Å². The molecule has 120 heavy (non-hydrogen) atoms. The second-order valence-corrected chi connectivity index (χ2v) is 30.5. The number of primary amides is 6. The third-order valence-electron chi connectivity index (χ3n) is 17.6. The molecule has 0 spiro atoms. The van der Waals surface area contributed by atoms with Gasteiger partial charge in [-0.1, -0.05) is 69.2 Å². The van der Waals surface area contributed by atoms with Crippen LogP contribution < -0.4 is 131 Å². The standard InChI is InChI=1S/C71H123N25O24/c1-29(2)21-39(87-56(105)34(11)83-58(107)36(15-12-13-19-72)84-63(112)43(26-50(78)101)92-67(116)53(31(5)6)94-57(106)35(73)23-47(75)98)61(110)85-37(16-14-20-82-71(80)81)60(109)95-54(32(7)8)68(117)91-40(22-30(3)4)62(111)86-38(17-18-46(74)97)59(108)88-41(24-48(76)99)64(113)89-42(25-49(77)100)65(114)90-44(27-51(79)102)66(115)96-55(33(9)10)69(118)93-45(70(119)120)28-52(103)104/h29-45,53-55H,12-28,72-73H2,1-11H3,(H2,74,97)(H2,75,98)(H2,76,99)(H2,77,100)(H2,78,101)(H2,79,102)(H,83,107)(H,84,112)(H,85,110)(H,86,111)(H,87,105)(H,88,108)(H,89,113)(H,90,114)(H,91,117)(H,92,116)(H,93,118)(H,94,106)(H,95,109)(H,96,115)(H,103,104)(H,119,120)(H4,80,81,82)/t34-,35-,36-,37-,38-,39-,40-,41-,42-,43-,44-,45-,53-,54-,55-/m0/s1. The molecule has 0 saturated heterocycles. The highest BCUT2D eigenvalue weighted by molar-refractivity contribution is 6.03. The summed E-state index contributed by atoms with van der Waals surface area (Å²) >= 11 is 0. The first kappa shape index (κ1) is 108. The van der Waals surface area contributed by atoms with Crippen LogP contribution in [-0.2, 0) is 105 Å². The van der Waals surface area contributed by atoms with E-state index >= 15 is 0 Å². The van der Waals surface area contributed by atoms with E-state index in [0.29, 0.717) is 6.42 Å². The monoisotopic (exact) mass is 1710 g/mol. The minimum Gasteiger partial charge on any atom is -0.481 e. The molecule has 49 heteroatoms. The Hall–Kier alpha value is -12.5. The van der Waals surface area contributed by atoms with E-state index in [0.717, 1.165) is 0 Å². The topological polar surface area (TPSA) is 854 Å². The highest BCUT2D eigenvalue weighted by Crippen LogP contribution is 2.15. The van der Waals surface area contributed by atoms with Gasteiger partial charge >= 0.3 is 11.9 Å². The summed E-state index contributed by atoms with van der Waals surface area (Å²) in [6.45, 7) is 16.8. The van der Waals surface area contributed by atoms with Crippen molar-refractivity contribution in [3.63, 3.8) is 0 Å². The number of hydrogen-bond acceptors (Lipinski definition) is 25. The lowest BCUT2D eigenvalue weighted by Crippen LogP contribution is -2.62. The maximum atomic E-state index is 14.6. The first-order valence-electron chi connectivity index (χ1n) is 38.6. The van der Waals surface area contributed by atoms with Gasteiger partial charge in [-0.15, -0.1) is 0 Å². The Morgan fingerprint density at radius 1 is 0.300 bits per heavy atom. The van der Waals surface area contributed by atoms with Gasteiger partial charge in [-0.3, -0.25) is 106 Å². The van der Waals surface area contributed by atoms with E-state index < -0.39 is 302 Å². The van der Waals surface area contributed by atoms with Crippen LogP contribution in [0.25, 0.3) is 0 Å². The van der Waals surface area contributed by atoms with Crippen LogP contribution in [0.15, 0.2) is 0 Å². The van der Waals surface area contributed by atoms with Crippen molar-refractivity contribution in [2.75, 3.05) is 13.1 Å². The van der Waals surface area contributed by atoms with Gasteiger partial charge in [-0.25, -0.2) is 4.79 Å². The Bertz CT molecular complexity index is 3670. The Kier molecular flexibility index (Phi) is 48.2. The van der Waals surface area contributed by atoms with Crippen molar-refractivity contribution in [1.82, 2.24) is 79.8 Å². The summed E-state index contributed by atoms with van der Waals surface area (Å²) in [7, 11) is 0. The first-order chi connectivity index (χ1) is 55.6. The van der Waals surface area contributed by atoms with Gasteiger partial charge in [0.25, 0.3) is 0 Å². The minimum atomic E-state index is -2.15. The number of amides is 20. The molecule has 0 aromatic rings. The quantitative estimate of drug-likeness (QED) is 0.0153. The van der Waals surface area contributed by atoms with E-state index in [2.05, 4.69) is 74.4 Å². The lowest BCUT2D eigenvalue weighted by Gasteiger charge is -2.30. The van der Waals surface area contributed by atoms with E-state index in [-0.39, 0.29) is 57.5 Å². The number of unbranched alkanes of at least 4 members (excludes halogenated alkanes) is 1. The maximum Gasteiger partial charge on any atom is 0.326 e. The molecular weight excluding hydrogens is 1590 g/mol. The molecule has 0 radical (unpaired) electrons. The van der Waals surface area contributed by atoms with Gasteiger partial charge in [0.05, 0.1) is 44.6 Å². The molecule has 0 aliphatic heterocycles. The fraction of sp³-hybridized carbons (Fsp3) is 0.676. The van der Waals surface area contributed by atoms with Crippen molar-refractivity contribution in [1.29, 1.82) is 5.41 Å². The number of carbonyl (C=O) groups is 22. The predicted molar refractivity (Wildman–Crippen MR) is 424 cm³/mol. The van der Waals surface area contributed by atoms with E-state index in [1.807, 2.05) is 5.32 Å². The second-order valence-electron chi connectivity index (χ2n) is 30.5. The molecule has 0 bridgehead atoms. The fourth-order valence-corrected chi connectivity index (χ4v) is 11.3. The zero-order valence-electron chi connectivity index (χ0n) is 69.1. The second kappa shape index (κ2) is 53.8. The average molecular weight is 1710 g/mol. The van der Waals surface area contributed by atoms with Crippen molar-refractivity contribution in [3.05, 3.63) is 0 Å². The SMILES string of the molecule is CC(C)C[C@H](NC(=O)[C@H](C)NC(=O)[C@H](CCCCN)NC(=O)[C@H](CC(N)=O)NC(=O)[C@@H](NC(=O)[C@@H](N)CC(N)=O)C(C)C)C(=O)N[C@@H](CCCNC(=N)N)C(=O)N[C@H](C(=O)N[C@@H](CC(C)C)C(=O)N[C@@H](CCC(N)=O)C(=O)N[C@@H](CC(N)=O)C(=O)N[C@@H](CC(N)=O)C(=O)N[C@@H](CC(N)=O)C(=O)N[C@H](C(=O)N[C@@H](CC(=O)O)C(=O)O)C(C)C)C(C)C. The molecule has 0 rings (SSSR count). The number of guanidine groups is 1. The van der Waals surface area contributed by atoms with Gasteiger partial charge in [0.1, 0.15) is 84.6 Å². The normalized spacial score (nSPS) is 14.9. The molecule has 36 N–H and O–H groups in total. The van der Waals surface area contributed by atoms with Gasteiger partial charge in [-0.2, -0.15) is 0 Å². The molecule has 0 heterocycles. The van der Waals surface area contributed by atoms with E-state index in [9.17, 15) is 111 Å². The minimum absolute atomic E-state index is 0.0159. The van der Waals surface area contributed by atoms with Crippen LogP contribution in [0.5, 0.6) is 0 Å². The molecule has 0 aromatic heterocycles. The number of rotatable bonds is 59. The van der Waals surface area contributed by atoms with Gasteiger partial charge in [0.2, 0.25) is 118 Å². The molecule has 676 valence electrons. The third kappa shape index (κ3) is 42.6. The third-order valence-corrected chi connectivity index (χ3v) is 17.6. The van der Waals surface area contributed by atoms with Crippen molar-refractivity contribution >= 4 is 136 Å². The zero-order valence-corrected chi connectivity index (χ0v) is 69.1. The maximum absolute atomic E-state index is 14.6. The Labute approximate surface area is 691 Å². The highest BCUT2D eigenvalue weighted by Gasteiger charge is 2.41. The van der Waals surface area contributed by atoms with Gasteiger partial charge < -0.3 is 142 Å². The van der Waals surface area contributed by atoms with Crippen molar-refractivity contribution < 1.29 is 116 Å². The molecule has 0 unspecified atom stereocenters. The lowest BCUT2D eigenvalue weighted by molar-refractivity contribution is -0.147. The predicted octanol–water partition coefficient (Wildman–Crippen LogP) is -11.2. The van der Waals surface area contributed by atoms with Crippen LogP contribution in [0.4, 0.5) is 0 Å². The molecule has 0 aromatic carbocycles. The van der Waals surface area contributed by atoms with Crippen LogP contribution in [0.3, 0.4) is 0 Å². The van der Waals surface area contributed by atoms with Gasteiger partial charge in [0.15, 0.2) is 5.96 Å². The summed E-state index contributed by atoms with van der Waals surface area (Å²) in [4.78, 5) is 292. The summed E-state index contributed by atoms with van der Waals surface area (Å²) in [5.41, 5.74) is 49.2. The van der Waals surface area contributed by atoms with Gasteiger partial charge in [-0.05, 0) is 94.4 Å². The summed E-state index contributed by atoms with van der Waals surface area (Å²) in [6, 6.07) is -25.6. The number of carboxylic acid groups (broad SMARTS) is 2. The van der Waals surface area contributed by atoms with Crippen LogP contribution in [0, 0.1) is 35.0 Å². The Morgan fingerprint density at radius 3 is 0.908 bits per heavy atom. The largest absolute Gasteiger partial charge is 0.481 e. The number of hydrogen-bond donors (Lipinski definition) is 27. The number of nitrogens with two attached hydrogens (primary N) is 9. The van der Waals surface area contributed by atoms with Crippen LogP contribution >= 0.6 is 0 Å². The van der Waals surface area contributed by atoms with Crippen molar-refractivity contribution in [2.45, 2.75) is 263 Å². The molecule has 20 amide bonds. The molecule has 0 fully saturated rings. The van der Waals surface area contributed by atoms with Crippen LogP contribution in [0.2, 0.25) is 0 Å². The molecule has 0 aliphatic rings. The summed E-state index contributed by atoms with van der Waals surface area (Å²) in [5, 5.41) is 61.6. The molecule has 0 saturated carbocycles. The fourth-order valence-electron chi connectivity index (χ4n) is 11.3.